The van der Waals surface area contributed by atoms with Gasteiger partial charge in [-0.1, -0.05) is 23.7 Å². The second-order valence-corrected chi connectivity index (χ2v) is 6.22. The maximum Gasteiger partial charge on any atom is 0.275 e. The standard InChI is InChI=1S/C20H19ClN4O3/c1-27-15-7-8-18(28-2)16(9-15)25-20(26)17-11-24-19(12-22-17)23-10-13-3-5-14(21)6-4-13/h3-9,11-12H,10H2,1-2H3,(H,23,24)(H,25,26). The van der Waals surface area contributed by atoms with Crippen LogP contribution in [0, 0.1) is 0 Å². The Hall–Kier alpha value is -3.32. The maximum atomic E-state index is 12.5. The molecule has 0 aliphatic heterocycles. The molecule has 3 aromatic rings. The van der Waals surface area contributed by atoms with Gasteiger partial charge in [-0.05, 0) is 29.8 Å². The molecule has 1 aromatic heterocycles. The Morgan fingerprint density at radius 1 is 1.04 bits per heavy atom. The first-order valence-electron chi connectivity index (χ1n) is 8.43. The van der Waals surface area contributed by atoms with Crippen LogP contribution < -0.4 is 20.1 Å². The third-order valence-electron chi connectivity index (χ3n) is 3.93. The summed E-state index contributed by atoms with van der Waals surface area (Å²) in [6.07, 6.45) is 2.92. The first kappa shape index (κ1) is 19.4. The average Bonchev–Trinajstić information content (AvgIpc) is 2.73. The number of rotatable bonds is 7. The monoisotopic (exact) mass is 398 g/mol. The SMILES string of the molecule is COc1ccc(OC)c(NC(=O)c2cnc(NCc3ccc(Cl)cc3)cn2)c1. The number of anilines is 2. The van der Waals surface area contributed by atoms with E-state index in [1.54, 1.807) is 25.3 Å². The molecule has 0 atom stereocenters. The quantitative estimate of drug-likeness (QED) is 0.625. The summed E-state index contributed by atoms with van der Waals surface area (Å²) in [4.78, 5) is 20.9. The van der Waals surface area contributed by atoms with Crippen molar-refractivity contribution in [2.45, 2.75) is 6.54 Å². The molecule has 3 rings (SSSR count). The molecule has 28 heavy (non-hydrogen) atoms. The van der Waals surface area contributed by atoms with Crippen molar-refractivity contribution in [3.63, 3.8) is 0 Å². The van der Waals surface area contributed by atoms with Crippen LogP contribution in [-0.4, -0.2) is 30.1 Å². The van der Waals surface area contributed by atoms with Crippen molar-refractivity contribution in [1.29, 1.82) is 0 Å². The molecule has 2 aromatic carbocycles. The number of amides is 1. The second kappa shape index (κ2) is 9.05. The third-order valence-corrected chi connectivity index (χ3v) is 4.18. The smallest absolute Gasteiger partial charge is 0.275 e. The van der Waals surface area contributed by atoms with Crippen LogP contribution in [0.5, 0.6) is 11.5 Å². The van der Waals surface area contributed by atoms with E-state index < -0.39 is 5.91 Å². The van der Waals surface area contributed by atoms with Crippen LogP contribution in [0.15, 0.2) is 54.9 Å². The van der Waals surface area contributed by atoms with Gasteiger partial charge in [0, 0.05) is 17.6 Å². The van der Waals surface area contributed by atoms with Crippen LogP contribution in [0.25, 0.3) is 0 Å². The Kier molecular flexibility index (Phi) is 6.29. The second-order valence-electron chi connectivity index (χ2n) is 5.79. The van der Waals surface area contributed by atoms with E-state index in [1.807, 2.05) is 24.3 Å². The molecule has 1 heterocycles. The van der Waals surface area contributed by atoms with E-state index in [0.717, 1.165) is 5.56 Å². The fourth-order valence-corrected chi connectivity index (χ4v) is 2.56. The van der Waals surface area contributed by atoms with Crippen molar-refractivity contribution in [3.05, 3.63) is 71.1 Å². The van der Waals surface area contributed by atoms with E-state index in [-0.39, 0.29) is 5.69 Å². The summed E-state index contributed by atoms with van der Waals surface area (Å²) in [5, 5.41) is 6.59. The first-order chi connectivity index (χ1) is 13.6. The van der Waals surface area contributed by atoms with Crippen LogP contribution in [-0.2, 0) is 6.54 Å². The fraction of sp³-hybridized carbons (Fsp3) is 0.150. The molecular formula is C20H19ClN4O3. The van der Waals surface area contributed by atoms with E-state index in [4.69, 9.17) is 21.1 Å². The molecule has 0 fully saturated rings. The van der Waals surface area contributed by atoms with Crippen LogP contribution in [0.3, 0.4) is 0 Å². The Morgan fingerprint density at radius 3 is 2.46 bits per heavy atom. The Bertz CT molecular complexity index is 947. The highest BCUT2D eigenvalue weighted by Gasteiger charge is 2.12. The predicted molar refractivity (Wildman–Crippen MR) is 108 cm³/mol. The molecule has 0 aliphatic rings. The number of carbonyl (C=O) groups is 1. The van der Waals surface area contributed by atoms with Crippen molar-refractivity contribution in [3.8, 4) is 11.5 Å². The van der Waals surface area contributed by atoms with E-state index in [9.17, 15) is 4.79 Å². The van der Waals surface area contributed by atoms with E-state index >= 15 is 0 Å². The number of halogens is 1. The normalized spacial score (nSPS) is 10.2. The van der Waals surface area contributed by atoms with Gasteiger partial charge in [-0.3, -0.25) is 4.79 Å². The fourth-order valence-electron chi connectivity index (χ4n) is 2.43. The van der Waals surface area contributed by atoms with E-state index in [0.29, 0.717) is 34.6 Å². The number of nitrogens with one attached hydrogen (secondary N) is 2. The molecule has 0 saturated carbocycles. The minimum absolute atomic E-state index is 0.182. The van der Waals surface area contributed by atoms with Crippen LogP contribution >= 0.6 is 11.6 Å². The lowest BCUT2D eigenvalue weighted by Crippen LogP contribution is -2.15. The summed E-state index contributed by atoms with van der Waals surface area (Å²) < 4.78 is 10.4. The summed E-state index contributed by atoms with van der Waals surface area (Å²) in [5.41, 5.74) is 1.72. The highest BCUT2D eigenvalue weighted by molar-refractivity contribution is 6.30. The summed E-state index contributed by atoms with van der Waals surface area (Å²) >= 11 is 5.87. The van der Waals surface area contributed by atoms with Crippen molar-refractivity contribution in [2.75, 3.05) is 24.9 Å². The van der Waals surface area contributed by atoms with Crippen LogP contribution in [0.2, 0.25) is 5.02 Å². The van der Waals surface area contributed by atoms with Gasteiger partial charge < -0.3 is 20.1 Å². The van der Waals surface area contributed by atoms with Crippen LogP contribution in [0.1, 0.15) is 16.1 Å². The predicted octanol–water partition coefficient (Wildman–Crippen LogP) is 4.01. The Labute approximate surface area is 167 Å². The molecule has 2 N–H and O–H groups in total. The number of aromatic nitrogens is 2. The van der Waals surface area contributed by atoms with Gasteiger partial charge >= 0.3 is 0 Å². The zero-order valence-electron chi connectivity index (χ0n) is 15.4. The maximum absolute atomic E-state index is 12.5. The number of nitrogens with zero attached hydrogens (tertiary/aromatic N) is 2. The summed E-state index contributed by atoms with van der Waals surface area (Å²) in [5.74, 6) is 1.28. The largest absolute Gasteiger partial charge is 0.497 e. The topological polar surface area (TPSA) is 85.4 Å². The lowest BCUT2D eigenvalue weighted by molar-refractivity contribution is 0.102. The van der Waals surface area contributed by atoms with Gasteiger partial charge in [-0.2, -0.15) is 0 Å². The minimum atomic E-state index is -0.400. The number of methoxy groups -OCH3 is 2. The first-order valence-corrected chi connectivity index (χ1v) is 8.80. The number of carbonyl (C=O) groups excluding carboxylic acids is 1. The van der Waals surface area contributed by atoms with Gasteiger partial charge in [0.15, 0.2) is 0 Å². The van der Waals surface area contributed by atoms with E-state index in [1.165, 1.54) is 19.5 Å². The number of ether oxygens (including phenoxy) is 2. The molecule has 0 radical (unpaired) electrons. The lowest BCUT2D eigenvalue weighted by Gasteiger charge is -2.11. The van der Waals surface area contributed by atoms with Gasteiger partial charge in [-0.25, -0.2) is 9.97 Å². The van der Waals surface area contributed by atoms with Crippen molar-refractivity contribution >= 4 is 29.0 Å². The molecule has 7 nitrogen and oxygen atoms in total. The van der Waals surface area contributed by atoms with Gasteiger partial charge in [-0.15, -0.1) is 0 Å². The summed E-state index contributed by atoms with van der Waals surface area (Å²) in [6.45, 7) is 0.568. The lowest BCUT2D eigenvalue weighted by atomic mass is 10.2. The summed E-state index contributed by atoms with van der Waals surface area (Å²) in [6, 6.07) is 12.6. The molecule has 144 valence electrons. The van der Waals surface area contributed by atoms with Crippen molar-refractivity contribution < 1.29 is 14.3 Å². The van der Waals surface area contributed by atoms with E-state index in [2.05, 4.69) is 20.6 Å². The zero-order valence-corrected chi connectivity index (χ0v) is 16.2. The molecule has 0 spiro atoms. The van der Waals surface area contributed by atoms with Crippen LogP contribution in [0.4, 0.5) is 11.5 Å². The minimum Gasteiger partial charge on any atom is -0.497 e. The Morgan fingerprint density at radius 2 is 1.82 bits per heavy atom. The average molecular weight is 399 g/mol. The highest BCUT2D eigenvalue weighted by atomic mass is 35.5. The zero-order chi connectivity index (χ0) is 19.9. The molecule has 1 amide bonds. The molecule has 0 aliphatic carbocycles. The van der Waals surface area contributed by atoms with Crippen molar-refractivity contribution in [1.82, 2.24) is 9.97 Å². The number of hydrogen-bond acceptors (Lipinski definition) is 6. The number of benzene rings is 2. The van der Waals surface area contributed by atoms with Gasteiger partial charge in [0.2, 0.25) is 0 Å². The number of hydrogen-bond donors (Lipinski definition) is 2. The molecule has 0 unspecified atom stereocenters. The summed E-state index contributed by atoms with van der Waals surface area (Å²) in [7, 11) is 3.08. The molecular weight excluding hydrogens is 380 g/mol. The highest BCUT2D eigenvalue weighted by Crippen LogP contribution is 2.29. The van der Waals surface area contributed by atoms with Gasteiger partial charge in [0.25, 0.3) is 5.91 Å². The molecule has 8 heteroatoms. The Balaban J connectivity index is 1.64. The van der Waals surface area contributed by atoms with Gasteiger partial charge in [0.05, 0.1) is 32.3 Å². The molecule has 0 saturated heterocycles. The molecule has 0 bridgehead atoms. The third kappa shape index (κ3) is 4.89. The van der Waals surface area contributed by atoms with Gasteiger partial charge in [0.1, 0.15) is 23.0 Å². The van der Waals surface area contributed by atoms with Crippen molar-refractivity contribution in [2.24, 2.45) is 0 Å².